The molecule has 1 aliphatic heterocycles. The molecule has 2 aromatic heterocycles. The van der Waals surface area contributed by atoms with Gasteiger partial charge in [-0.2, -0.15) is 9.40 Å². The number of pyridine rings is 1. The van der Waals surface area contributed by atoms with Crippen molar-refractivity contribution < 1.29 is 17.5 Å². The van der Waals surface area contributed by atoms with E-state index in [9.17, 15) is 12.8 Å². The fourth-order valence-corrected chi connectivity index (χ4v) is 4.71. The first-order valence-corrected chi connectivity index (χ1v) is 10.2. The van der Waals surface area contributed by atoms with Gasteiger partial charge in [-0.05, 0) is 42.3 Å². The molecule has 0 radical (unpaired) electrons. The average Bonchev–Trinajstić information content (AvgIpc) is 3.34. The molecule has 146 valence electrons. The number of hydrogen-bond donors (Lipinski definition) is 0. The van der Waals surface area contributed by atoms with Crippen LogP contribution in [-0.2, 0) is 17.1 Å². The van der Waals surface area contributed by atoms with Crippen LogP contribution >= 0.6 is 0 Å². The Morgan fingerprint density at radius 3 is 2.71 bits per heavy atom. The highest BCUT2D eigenvalue weighted by Gasteiger charge is 2.34. The minimum Gasteiger partial charge on any atom is -0.488 e. The number of hydrogen-bond acceptors (Lipinski definition) is 5. The Kier molecular flexibility index (Phi) is 4.86. The summed E-state index contributed by atoms with van der Waals surface area (Å²) in [4.78, 5) is 4.14. The maximum absolute atomic E-state index is 13.8. The average molecular weight is 402 g/mol. The van der Waals surface area contributed by atoms with E-state index < -0.39 is 10.0 Å². The van der Waals surface area contributed by atoms with Gasteiger partial charge < -0.3 is 4.74 Å². The van der Waals surface area contributed by atoms with E-state index in [2.05, 4.69) is 10.1 Å². The van der Waals surface area contributed by atoms with Gasteiger partial charge in [0.05, 0.1) is 12.7 Å². The highest BCUT2D eigenvalue weighted by Crippen LogP contribution is 2.33. The Balaban J connectivity index is 1.54. The van der Waals surface area contributed by atoms with Gasteiger partial charge in [0.1, 0.15) is 22.6 Å². The van der Waals surface area contributed by atoms with Crippen molar-refractivity contribution in [3.05, 3.63) is 60.9 Å². The largest absolute Gasteiger partial charge is 0.488 e. The second kappa shape index (κ2) is 7.33. The summed E-state index contributed by atoms with van der Waals surface area (Å²) in [6.07, 6.45) is 6.30. The van der Waals surface area contributed by atoms with Gasteiger partial charge in [-0.1, -0.05) is 0 Å². The number of rotatable bonds is 5. The number of ether oxygens (including phenoxy) is 1. The van der Waals surface area contributed by atoms with E-state index in [0.29, 0.717) is 24.3 Å². The van der Waals surface area contributed by atoms with Crippen molar-refractivity contribution in [3.8, 4) is 16.9 Å². The number of sulfonamides is 1. The summed E-state index contributed by atoms with van der Waals surface area (Å²) in [5, 5.41) is 3.93. The topological polar surface area (TPSA) is 77.3 Å². The first kappa shape index (κ1) is 18.6. The molecule has 1 unspecified atom stereocenters. The summed E-state index contributed by atoms with van der Waals surface area (Å²) >= 11 is 0. The summed E-state index contributed by atoms with van der Waals surface area (Å²) < 4.78 is 48.2. The molecule has 1 aromatic carbocycles. The van der Waals surface area contributed by atoms with Crippen LogP contribution in [0.2, 0.25) is 0 Å². The van der Waals surface area contributed by atoms with Crippen LogP contribution in [0.3, 0.4) is 0 Å². The first-order valence-electron chi connectivity index (χ1n) is 8.79. The van der Waals surface area contributed by atoms with Crippen LogP contribution in [0.25, 0.3) is 11.1 Å². The lowest BCUT2D eigenvalue weighted by molar-refractivity contribution is 0.216. The van der Waals surface area contributed by atoms with Crippen molar-refractivity contribution in [2.24, 2.45) is 7.05 Å². The van der Waals surface area contributed by atoms with Crippen LogP contribution in [0.4, 0.5) is 4.39 Å². The van der Waals surface area contributed by atoms with Crippen molar-refractivity contribution in [1.29, 1.82) is 0 Å². The molecule has 1 atom stereocenters. The molecule has 1 aliphatic rings. The lowest BCUT2D eigenvalue weighted by Crippen LogP contribution is -2.31. The van der Waals surface area contributed by atoms with Gasteiger partial charge in [-0.15, -0.1) is 0 Å². The summed E-state index contributed by atoms with van der Waals surface area (Å²) in [7, 11) is -1.94. The van der Waals surface area contributed by atoms with Crippen molar-refractivity contribution in [3.63, 3.8) is 0 Å². The quantitative estimate of drug-likeness (QED) is 0.655. The third kappa shape index (κ3) is 3.63. The molecule has 0 N–H and O–H groups in total. The minimum absolute atomic E-state index is 0.162. The molecule has 1 fully saturated rings. The lowest BCUT2D eigenvalue weighted by Gasteiger charge is -2.18. The molecular formula is C19H19FN4O3S. The van der Waals surface area contributed by atoms with E-state index in [1.807, 2.05) is 0 Å². The van der Waals surface area contributed by atoms with E-state index in [1.54, 1.807) is 37.6 Å². The van der Waals surface area contributed by atoms with Gasteiger partial charge in [-0.3, -0.25) is 9.67 Å². The second-order valence-electron chi connectivity index (χ2n) is 6.62. The fraction of sp³-hybridized carbons (Fsp3) is 0.263. The molecule has 0 amide bonds. The highest BCUT2D eigenvalue weighted by molar-refractivity contribution is 7.89. The normalized spacial score (nSPS) is 17.7. The summed E-state index contributed by atoms with van der Waals surface area (Å²) in [5.74, 6) is 0.143. The first-order chi connectivity index (χ1) is 13.4. The van der Waals surface area contributed by atoms with E-state index >= 15 is 0 Å². The van der Waals surface area contributed by atoms with Gasteiger partial charge in [0.15, 0.2) is 0 Å². The van der Waals surface area contributed by atoms with Crippen molar-refractivity contribution in [1.82, 2.24) is 19.1 Å². The Labute approximate surface area is 162 Å². The molecular weight excluding hydrogens is 383 g/mol. The monoisotopic (exact) mass is 402 g/mol. The van der Waals surface area contributed by atoms with E-state index in [1.165, 1.54) is 33.5 Å². The smallest absolute Gasteiger partial charge is 0.246 e. The maximum Gasteiger partial charge on any atom is 0.246 e. The third-order valence-corrected chi connectivity index (χ3v) is 6.47. The Bertz CT molecular complexity index is 1090. The highest BCUT2D eigenvalue weighted by atomic mass is 32.2. The molecule has 9 heteroatoms. The molecule has 0 aliphatic carbocycles. The Morgan fingerprint density at radius 2 is 2.00 bits per heavy atom. The zero-order valence-corrected chi connectivity index (χ0v) is 16.0. The van der Waals surface area contributed by atoms with Gasteiger partial charge in [-0.25, -0.2) is 12.8 Å². The van der Waals surface area contributed by atoms with Crippen LogP contribution in [0.15, 0.2) is 60.0 Å². The molecule has 0 spiro atoms. The van der Waals surface area contributed by atoms with Gasteiger partial charge >= 0.3 is 0 Å². The predicted octanol–water partition coefficient (Wildman–Crippen LogP) is 2.46. The zero-order chi connectivity index (χ0) is 19.7. The van der Waals surface area contributed by atoms with Crippen LogP contribution in [0.5, 0.6) is 5.75 Å². The molecule has 28 heavy (non-hydrogen) atoms. The lowest BCUT2D eigenvalue weighted by atomic mass is 10.1. The number of halogens is 1. The minimum atomic E-state index is -3.61. The summed E-state index contributed by atoms with van der Waals surface area (Å²) in [6.45, 7) is 0.581. The van der Waals surface area contributed by atoms with Gasteiger partial charge in [0, 0.05) is 37.7 Å². The summed E-state index contributed by atoms with van der Waals surface area (Å²) in [5.41, 5.74) is 1.39. The Morgan fingerprint density at radius 1 is 1.21 bits per heavy atom. The number of benzene rings is 1. The van der Waals surface area contributed by atoms with Gasteiger partial charge in [0.2, 0.25) is 10.0 Å². The van der Waals surface area contributed by atoms with Crippen molar-refractivity contribution in [2.75, 3.05) is 13.1 Å². The number of aromatic nitrogens is 3. The second-order valence-corrected chi connectivity index (χ2v) is 8.56. The molecule has 0 saturated carbocycles. The van der Waals surface area contributed by atoms with E-state index in [4.69, 9.17) is 4.74 Å². The molecule has 3 heterocycles. The predicted molar refractivity (Wildman–Crippen MR) is 101 cm³/mol. The van der Waals surface area contributed by atoms with Crippen LogP contribution in [-0.4, -0.2) is 46.7 Å². The molecule has 0 bridgehead atoms. The zero-order valence-electron chi connectivity index (χ0n) is 15.2. The van der Waals surface area contributed by atoms with Crippen molar-refractivity contribution >= 4 is 10.0 Å². The van der Waals surface area contributed by atoms with Gasteiger partial charge in [0.25, 0.3) is 0 Å². The maximum atomic E-state index is 13.8. The molecule has 7 nitrogen and oxygen atoms in total. The number of nitrogens with zero attached hydrogens (tertiary/aromatic N) is 4. The van der Waals surface area contributed by atoms with Crippen LogP contribution in [0, 0.1) is 5.82 Å². The van der Waals surface area contributed by atoms with Crippen LogP contribution in [0.1, 0.15) is 6.42 Å². The van der Waals surface area contributed by atoms with E-state index in [0.717, 1.165) is 5.56 Å². The third-order valence-electron chi connectivity index (χ3n) is 4.65. The fourth-order valence-electron chi connectivity index (χ4n) is 3.23. The Hall–Kier alpha value is -2.78. The molecule has 4 rings (SSSR count). The standard InChI is InChI=1S/C19H19FN4O3S/c1-23-13-17(11-22-23)28(25,26)24-9-6-16(12-24)27-19-3-2-15(20)10-18(19)14-4-7-21-8-5-14/h2-5,7-8,10-11,13,16H,6,9,12H2,1H3. The van der Waals surface area contributed by atoms with E-state index in [-0.39, 0.29) is 23.4 Å². The van der Waals surface area contributed by atoms with Crippen molar-refractivity contribution in [2.45, 2.75) is 17.4 Å². The summed E-state index contributed by atoms with van der Waals surface area (Å²) in [6, 6.07) is 7.86. The van der Waals surface area contributed by atoms with Crippen LogP contribution < -0.4 is 4.74 Å². The molecule has 3 aromatic rings. The molecule has 1 saturated heterocycles. The number of aryl methyl sites for hydroxylation is 1. The SMILES string of the molecule is Cn1cc(S(=O)(=O)N2CCC(Oc3ccc(F)cc3-c3ccncc3)C2)cn1.